The summed E-state index contributed by atoms with van der Waals surface area (Å²) in [5, 5.41) is 21.0. The van der Waals surface area contributed by atoms with Crippen LogP contribution in [0, 0.1) is 22.7 Å². The average molecular weight is 313 g/mol. The Bertz CT molecular complexity index is 710. The summed E-state index contributed by atoms with van der Waals surface area (Å²) in [6.45, 7) is 0. The molecule has 0 amide bonds. The molecular weight excluding hydrogens is 304 g/mol. The summed E-state index contributed by atoms with van der Waals surface area (Å²) in [7, 11) is 0. The van der Waals surface area contributed by atoms with Crippen molar-refractivity contribution in [1.82, 2.24) is 0 Å². The molecule has 2 aromatic carbocycles. The molecule has 92 valence electrons. The topological polar surface area (TPSA) is 85.6 Å². The molecule has 2 aromatic rings. The molecule has 0 bridgehead atoms. The van der Waals surface area contributed by atoms with Crippen molar-refractivity contribution in [2.45, 2.75) is 0 Å². The summed E-state index contributed by atoms with van der Waals surface area (Å²) < 4.78 is 0.757. The van der Waals surface area contributed by atoms with E-state index in [1.54, 1.807) is 36.4 Å². The third kappa shape index (κ3) is 2.85. The minimum absolute atomic E-state index is 0.469. The lowest BCUT2D eigenvalue weighted by Crippen LogP contribution is -1.96. The quantitative estimate of drug-likeness (QED) is 0.831. The summed E-state index contributed by atoms with van der Waals surface area (Å²) in [6, 6.07) is 14.4. The van der Waals surface area contributed by atoms with Gasteiger partial charge in [-0.2, -0.15) is 10.5 Å². The van der Waals surface area contributed by atoms with Crippen LogP contribution in [0.3, 0.4) is 0 Å². The van der Waals surface area contributed by atoms with E-state index < -0.39 is 0 Å². The van der Waals surface area contributed by atoms with Gasteiger partial charge in [-0.05, 0) is 52.3 Å². The summed E-state index contributed by atoms with van der Waals surface area (Å²) in [6.07, 6.45) is 0. The van der Waals surface area contributed by atoms with Crippen LogP contribution in [0.5, 0.6) is 0 Å². The van der Waals surface area contributed by atoms with Gasteiger partial charge < -0.3 is 11.1 Å². The Morgan fingerprint density at radius 3 is 2.37 bits per heavy atom. The van der Waals surface area contributed by atoms with E-state index in [-0.39, 0.29) is 0 Å². The van der Waals surface area contributed by atoms with Crippen LogP contribution in [0.25, 0.3) is 0 Å². The van der Waals surface area contributed by atoms with E-state index in [1.165, 1.54) is 0 Å². The molecule has 5 heteroatoms. The van der Waals surface area contributed by atoms with Crippen LogP contribution in [0.1, 0.15) is 11.1 Å². The van der Waals surface area contributed by atoms with Crippen LogP contribution in [0.15, 0.2) is 40.9 Å². The molecule has 0 aliphatic heterocycles. The largest absolute Gasteiger partial charge is 0.399 e. The van der Waals surface area contributed by atoms with Crippen molar-refractivity contribution >= 4 is 33.0 Å². The first-order valence-electron chi connectivity index (χ1n) is 5.40. The fraction of sp³-hybridized carbons (Fsp3) is 0. The van der Waals surface area contributed by atoms with Crippen LogP contribution in [-0.4, -0.2) is 0 Å². The van der Waals surface area contributed by atoms with Gasteiger partial charge in [-0.15, -0.1) is 0 Å². The Morgan fingerprint density at radius 2 is 1.74 bits per heavy atom. The molecule has 4 nitrogen and oxygen atoms in total. The highest BCUT2D eigenvalue weighted by atomic mass is 79.9. The molecule has 0 unspecified atom stereocenters. The van der Waals surface area contributed by atoms with Crippen molar-refractivity contribution in [3.63, 3.8) is 0 Å². The van der Waals surface area contributed by atoms with Crippen molar-refractivity contribution in [2.75, 3.05) is 11.1 Å². The zero-order valence-corrected chi connectivity index (χ0v) is 11.4. The fourth-order valence-electron chi connectivity index (χ4n) is 1.59. The number of nitrogen functional groups attached to an aromatic ring is 1. The fourth-order valence-corrected chi connectivity index (χ4v) is 2.07. The van der Waals surface area contributed by atoms with Gasteiger partial charge in [0.1, 0.15) is 6.07 Å². The Labute approximate surface area is 119 Å². The normalized spacial score (nSPS) is 9.42. The second-order valence-electron chi connectivity index (χ2n) is 3.85. The minimum Gasteiger partial charge on any atom is -0.399 e. The number of benzene rings is 2. The predicted molar refractivity (Wildman–Crippen MR) is 77.7 cm³/mol. The number of halogens is 1. The van der Waals surface area contributed by atoms with Gasteiger partial charge in [0, 0.05) is 10.2 Å². The molecule has 19 heavy (non-hydrogen) atoms. The maximum absolute atomic E-state index is 9.07. The van der Waals surface area contributed by atoms with Gasteiger partial charge in [-0.1, -0.05) is 0 Å². The standard InChI is InChI=1S/C14H9BrN4/c15-12-5-9(7-16)1-3-14(12)19-13-4-2-11(18)6-10(13)8-17/h1-6,19H,18H2. The molecule has 0 saturated heterocycles. The van der Waals surface area contributed by atoms with Gasteiger partial charge in [0.2, 0.25) is 0 Å². The van der Waals surface area contributed by atoms with Crippen LogP contribution < -0.4 is 11.1 Å². The molecule has 0 fully saturated rings. The van der Waals surface area contributed by atoms with E-state index in [2.05, 4.69) is 33.4 Å². The zero-order chi connectivity index (χ0) is 13.8. The summed E-state index contributed by atoms with van der Waals surface area (Å²) in [4.78, 5) is 0. The average Bonchev–Trinajstić information content (AvgIpc) is 2.42. The van der Waals surface area contributed by atoms with E-state index in [0.29, 0.717) is 22.5 Å². The number of nitrogens with one attached hydrogen (secondary N) is 1. The Hall–Kier alpha value is -2.50. The highest BCUT2D eigenvalue weighted by Gasteiger charge is 2.06. The smallest absolute Gasteiger partial charge is 0.101 e. The van der Waals surface area contributed by atoms with Gasteiger partial charge in [0.25, 0.3) is 0 Å². The molecule has 0 aliphatic carbocycles. The number of anilines is 3. The van der Waals surface area contributed by atoms with Crippen molar-refractivity contribution in [1.29, 1.82) is 10.5 Å². The van der Waals surface area contributed by atoms with Crippen molar-refractivity contribution in [3.05, 3.63) is 52.0 Å². The maximum atomic E-state index is 9.07. The van der Waals surface area contributed by atoms with Gasteiger partial charge in [0.05, 0.1) is 28.6 Å². The third-order valence-corrected chi connectivity index (χ3v) is 3.19. The zero-order valence-electron chi connectivity index (χ0n) is 9.81. The SMILES string of the molecule is N#Cc1ccc(Nc2ccc(N)cc2C#N)c(Br)c1. The van der Waals surface area contributed by atoms with E-state index in [0.717, 1.165) is 10.2 Å². The van der Waals surface area contributed by atoms with E-state index >= 15 is 0 Å². The van der Waals surface area contributed by atoms with Crippen LogP contribution >= 0.6 is 15.9 Å². The number of nitrogens with zero attached hydrogens (tertiary/aromatic N) is 2. The van der Waals surface area contributed by atoms with Crippen molar-refractivity contribution in [2.24, 2.45) is 0 Å². The van der Waals surface area contributed by atoms with Crippen molar-refractivity contribution in [3.8, 4) is 12.1 Å². The molecule has 0 aromatic heterocycles. The molecule has 0 spiro atoms. The number of hydrogen-bond donors (Lipinski definition) is 2. The number of rotatable bonds is 2. The summed E-state index contributed by atoms with van der Waals surface area (Å²) in [5.74, 6) is 0. The minimum atomic E-state index is 0.469. The molecule has 3 N–H and O–H groups in total. The molecular formula is C14H9BrN4. The second-order valence-corrected chi connectivity index (χ2v) is 4.70. The van der Waals surface area contributed by atoms with E-state index in [4.69, 9.17) is 16.3 Å². The highest BCUT2D eigenvalue weighted by molar-refractivity contribution is 9.10. The lowest BCUT2D eigenvalue weighted by molar-refractivity contribution is 1.44. The summed E-state index contributed by atoms with van der Waals surface area (Å²) in [5.41, 5.74) is 8.66. The van der Waals surface area contributed by atoms with Gasteiger partial charge in [-0.25, -0.2) is 0 Å². The first kappa shape index (κ1) is 12.9. The molecule has 2 rings (SSSR count). The highest BCUT2D eigenvalue weighted by Crippen LogP contribution is 2.29. The van der Waals surface area contributed by atoms with Gasteiger partial charge >= 0.3 is 0 Å². The molecule has 0 atom stereocenters. The lowest BCUT2D eigenvalue weighted by Gasteiger charge is -2.10. The number of nitriles is 2. The van der Waals surface area contributed by atoms with Crippen LogP contribution in [0.2, 0.25) is 0 Å². The predicted octanol–water partition coefficient (Wildman–Crippen LogP) is 3.52. The van der Waals surface area contributed by atoms with Crippen LogP contribution in [-0.2, 0) is 0 Å². The summed E-state index contributed by atoms with van der Waals surface area (Å²) >= 11 is 3.39. The van der Waals surface area contributed by atoms with E-state index in [1.807, 2.05) is 0 Å². The second kappa shape index (κ2) is 5.43. The first-order chi connectivity index (χ1) is 9.13. The molecule has 0 radical (unpaired) electrons. The van der Waals surface area contributed by atoms with Crippen LogP contribution in [0.4, 0.5) is 17.1 Å². The number of nitrogens with two attached hydrogens (primary N) is 1. The molecule has 0 saturated carbocycles. The Kier molecular flexibility index (Phi) is 3.70. The van der Waals surface area contributed by atoms with Gasteiger partial charge in [-0.3, -0.25) is 0 Å². The molecule has 0 heterocycles. The van der Waals surface area contributed by atoms with E-state index in [9.17, 15) is 0 Å². The third-order valence-electron chi connectivity index (χ3n) is 2.53. The van der Waals surface area contributed by atoms with Crippen molar-refractivity contribution < 1.29 is 0 Å². The maximum Gasteiger partial charge on any atom is 0.101 e. The lowest BCUT2D eigenvalue weighted by atomic mass is 10.1. The monoisotopic (exact) mass is 312 g/mol. The molecule has 0 aliphatic rings. The first-order valence-corrected chi connectivity index (χ1v) is 6.19. The van der Waals surface area contributed by atoms with Gasteiger partial charge in [0.15, 0.2) is 0 Å². The Balaban J connectivity index is 2.37. The Morgan fingerprint density at radius 1 is 1.00 bits per heavy atom. The number of hydrogen-bond acceptors (Lipinski definition) is 4.